The number of likely N-dealkylation sites (tertiary alicyclic amines) is 1. The first-order valence-corrected chi connectivity index (χ1v) is 7.11. The van der Waals surface area contributed by atoms with Gasteiger partial charge in [0.1, 0.15) is 0 Å². The number of nitrogens with one attached hydrogen (secondary N) is 1. The lowest BCUT2D eigenvalue weighted by atomic mass is 10.1. The van der Waals surface area contributed by atoms with Crippen molar-refractivity contribution in [2.75, 3.05) is 25.4 Å². The lowest BCUT2D eigenvalue weighted by Gasteiger charge is -2.17. The van der Waals surface area contributed by atoms with Crippen LogP contribution in [0.25, 0.3) is 0 Å². The van der Waals surface area contributed by atoms with Crippen LogP contribution in [0.1, 0.15) is 13.3 Å². The molecule has 0 bridgehead atoms. The number of alkyl halides is 3. The molecule has 0 aliphatic carbocycles. The van der Waals surface area contributed by atoms with Crippen molar-refractivity contribution in [2.45, 2.75) is 19.5 Å². The average molecular weight is 288 g/mol. The van der Waals surface area contributed by atoms with Gasteiger partial charge >= 0.3 is 6.18 Å². The monoisotopic (exact) mass is 288 g/mol. The quantitative estimate of drug-likeness (QED) is 0.810. The van der Waals surface area contributed by atoms with Crippen molar-refractivity contribution in [1.82, 2.24) is 9.62 Å². The van der Waals surface area contributed by atoms with Crippen molar-refractivity contribution < 1.29 is 26.4 Å². The van der Waals surface area contributed by atoms with Crippen LogP contribution in [0.5, 0.6) is 0 Å². The highest BCUT2D eigenvalue weighted by Gasteiger charge is 2.36. The highest BCUT2D eigenvalue weighted by Crippen LogP contribution is 2.22. The Balaban J connectivity index is 2.49. The first-order chi connectivity index (χ1) is 8.13. The maximum absolute atomic E-state index is 12.1. The topological polar surface area (TPSA) is 66.5 Å². The van der Waals surface area contributed by atoms with Gasteiger partial charge in [0.05, 0.1) is 18.2 Å². The van der Waals surface area contributed by atoms with Gasteiger partial charge in [0, 0.05) is 6.54 Å². The molecule has 18 heavy (non-hydrogen) atoms. The summed E-state index contributed by atoms with van der Waals surface area (Å²) in [4.78, 5) is 12.6. The number of rotatable bonds is 4. The van der Waals surface area contributed by atoms with Gasteiger partial charge in [-0.25, -0.2) is 8.42 Å². The van der Waals surface area contributed by atoms with E-state index in [1.807, 2.05) is 4.72 Å². The number of halogens is 3. The molecule has 0 unspecified atom stereocenters. The molecule has 1 saturated heterocycles. The zero-order chi connectivity index (χ0) is 14.0. The molecular formula is C9H15F3N2O3S. The smallest absolute Gasteiger partial charge is 0.294 e. The van der Waals surface area contributed by atoms with Crippen LogP contribution in [0.3, 0.4) is 0 Å². The molecular weight excluding hydrogens is 273 g/mol. The second-order valence-electron chi connectivity index (χ2n) is 4.21. The van der Waals surface area contributed by atoms with E-state index in [0.29, 0.717) is 0 Å². The van der Waals surface area contributed by atoms with Gasteiger partial charge in [-0.15, -0.1) is 0 Å². The number of hydrogen-bond acceptors (Lipinski definition) is 4. The third-order valence-electron chi connectivity index (χ3n) is 2.68. The lowest BCUT2D eigenvalue weighted by Crippen LogP contribution is -2.39. The first kappa shape index (κ1) is 15.2. The molecule has 106 valence electrons. The molecule has 1 aliphatic heterocycles. The van der Waals surface area contributed by atoms with Crippen molar-refractivity contribution in [3.8, 4) is 0 Å². The fraction of sp³-hybridized carbons (Fsp3) is 0.889. The fourth-order valence-electron chi connectivity index (χ4n) is 1.75. The molecule has 0 spiro atoms. The van der Waals surface area contributed by atoms with E-state index in [4.69, 9.17) is 0 Å². The molecule has 0 saturated carbocycles. The summed E-state index contributed by atoms with van der Waals surface area (Å²) in [5, 5.41) is 0. The molecule has 1 amide bonds. The highest BCUT2D eigenvalue weighted by atomic mass is 32.2. The molecule has 1 N–H and O–H groups in total. The molecule has 1 heterocycles. The van der Waals surface area contributed by atoms with Crippen LogP contribution in [0, 0.1) is 5.92 Å². The Labute approximate surface area is 103 Å². The third-order valence-corrected chi connectivity index (χ3v) is 3.95. The minimum absolute atomic E-state index is 0.0649. The number of carbonyl (C=O) groups is 1. The van der Waals surface area contributed by atoms with Crippen LogP contribution in [0.2, 0.25) is 0 Å². The van der Waals surface area contributed by atoms with Gasteiger partial charge < -0.3 is 0 Å². The molecule has 1 rings (SSSR count). The Bertz CT molecular complexity index is 408. The van der Waals surface area contributed by atoms with Crippen molar-refractivity contribution in [3.05, 3.63) is 0 Å². The summed E-state index contributed by atoms with van der Waals surface area (Å²) in [6.45, 7) is 0.381. The third kappa shape index (κ3) is 4.81. The second-order valence-corrected chi connectivity index (χ2v) is 6.22. The molecule has 0 radical (unpaired) electrons. The van der Waals surface area contributed by atoms with Crippen molar-refractivity contribution in [1.29, 1.82) is 0 Å². The first-order valence-electron chi connectivity index (χ1n) is 5.46. The van der Waals surface area contributed by atoms with E-state index in [9.17, 15) is 26.4 Å². The molecule has 0 aromatic heterocycles. The second kappa shape index (κ2) is 5.43. The Morgan fingerprint density at radius 3 is 2.56 bits per heavy atom. The summed E-state index contributed by atoms with van der Waals surface area (Å²) in [5.74, 6) is -1.66. The van der Waals surface area contributed by atoms with Crippen LogP contribution in [-0.4, -0.2) is 50.8 Å². The minimum Gasteiger partial charge on any atom is -0.294 e. The largest absolute Gasteiger partial charge is 0.401 e. The average Bonchev–Trinajstić information content (AvgIpc) is 2.63. The van der Waals surface area contributed by atoms with Crippen molar-refractivity contribution in [2.24, 2.45) is 5.92 Å². The van der Waals surface area contributed by atoms with Crippen LogP contribution < -0.4 is 4.72 Å². The summed E-state index contributed by atoms with van der Waals surface area (Å²) < 4.78 is 60.5. The Morgan fingerprint density at radius 1 is 1.44 bits per heavy atom. The van der Waals surface area contributed by atoms with Gasteiger partial charge in [0.25, 0.3) is 0 Å². The summed E-state index contributed by atoms with van der Waals surface area (Å²) in [6.07, 6.45) is -4.07. The van der Waals surface area contributed by atoms with Crippen LogP contribution in [0.15, 0.2) is 0 Å². The predicted octanol–water partition coefficient (Wildman–Crippen LogP) is 0.337. The molecule has 1 fully saturated rings. The maximum Gasteiger partial charge on any atom is 0.401 e. The van der Waals surface area contributed by atoms with E-state index >= 15 is 0 Å². The normalized spacial score (nSPS) is 22.1. The Hall–Kier alpha value is -0.830. The zero-order valence-corrected chi connectivity index (χ0v) is 10.6. The van der Waals surface area contributed by atoms with Gasteiger partial charge in [-0.1, -0.05) is 0 Å². The number of nitrogens with zero attached hydrogens (tertiary/aromatic N) is 1. The van der Waals surface area contributed by atoms with Crippen LogP contribution >= 0.6 is 0 Å². The number of hydrogen-bond donors (Lipinski definition) is 1. The summed E-state index contributed by atoms with van der Waals surface area (Å²) in [7, 11) is -3.65. The number of carbonyl (C=O) groups excluding carboxylic acids is 1. The zero-order valence-electron chi connectivity index (χ0n) is 9.83. The Kier molecular flexibility index (Phi) is 4.60. The Morgan fingerprint density at radius 2 is 2.06 bits per heavy atom. The van der Waals surface area contributed by atoms with E-state index in [-0.39, 0.29) is 25.3 Å². The minimum atomic E-state index is -4.30. The van der Waals surface area contributed by atoms with Crippen LogP contribution in [0.4, 0.5) is 13.2 Å². The van der Waals surface area contributed by atoms with E-state index in [2.05, 4.69) is 0 Å². The SMILES string of the molecule is CCS(=O)(=O)NC(=O)[C@H]1CCN(CC(F)(F)F)C1. The highest BCUT2D eigenvalue weighted by molar-refractivity contribution is 7.90. The molecule has 9 heteroatoms. The van der Waals surface area contributed by atoms with Gasteiger partial charge in [0.2, 0.25) is 15.9 Å². The maximum atomic E-state index is 12.1. The van der Waals surface area contributed by atoms with Gasteiger partial charge in [0.15, 0.2) is 0 Å². The molecule has 0 aromatic rings. The molecule has 5 nitrogen and oxygen atoms in total. The van der Waals surface area contributed by atoms with Crippen LogP contribution in [-0.2, 0) is 14.8 Å². The molecule has 0 aromatic carbocycles. The van der Waals surface area contributed by atoms with Gasteiger partial charge in [-0.3, -0.25) is 14.4 Å². The van der Waals surface area contributed by atoms with E-state index in [1.165, 1.54) is 6.92 Å². The standard InChI is InChI=1S/C9H15F3N2O3S/c1-2-18(16,17)13-8(15)7-3-4-14(5-7)6-9(10,11)12/h7H,2-6H2,1H3,(H,13,15)/t7-/m0/s1. The van der Waals surface area contributed by atoms with E-state index < -0.39 is 34.6 Å². The number of sulfonamides is 1. The van der Waals surface area contributed by atoms with Gasteiger partial charge in [-0.2, -0.15) is 13.2 Å². The number of amides is 1. The summed E-state index contributed by atoms with van der Waals surface area (Å²) in [6, 6.07) is 0. The van der Waals surface area contributed by atoms with Crippen molar-refractivity contribution in [3.63, 3.8) is 0 Å². The van der Waals surface area contributed by atoms with E-state index in [0.717, 1.165) is 4.90 Å². The fourth-order valence-corrected chi connectivity index (χ4v) is 2.37. The van der Waals surface area contributed by atoms with Gasteiger partial charge in [-0.05, 0) is 19.9 Å². The summed E-state index contributed by atoms with van der Waals surface area (Å²) >= 11 is 0. The van der Waals surface area contributed by atoms with E-state index in [1.54, 1.807) is 0 Å². The van der Waals surface area contributed by atoms with Crippen molar-refractivity contribution >= 4 is 15.9 Å². The summed E-state index contributed by atoms with van der Waals surface area (Å²) in [5.41, 5.74) is 0. The predicted molar refractivity (Wildman–Crippen MR) is 58.2 cm³/mol. The molecule has 1 aliphatic rings. The lowest BCUT2D eigenvalue weighted by molar-refractivity contribution is -0.144. The molecule has 1 atom stereocenters.